The molecule has 0 saturated carbocycles. The summed E-state index contributed by atoms with van der Waals surface area (Å²) >= 11 is 1.88. The van der Waals surface area contributed by atoms with Crippen molar-refractivity contribution in [2.45, 2.75) is 31.9 Å². The van der Waals surface area contributed by atoms with E-state index < -0.39 is 0 Å². The summed E-state index contributed by atoms with van der Waals surface area (Å²) in [7, 11) is 0. The number of ether oxygens (including phenoxy) is 1. The van der Waals surface area contributed by atoms with Crippen LogP contribution in [-0.4, -0.2) is 23.7 Å². The normalized spacial score (nSPS) is 20.1. The molecular weight excluding hydrogens is 230 g/mol. The summed E-state index contributed by atoms with van der Waals surface area (Å²) in [6.07, 6.45) is 1.28. The highest BCUT2D eigenvalue weighted by Gasteiger charge is 2.21. The number of benzene rings is 1. The molecule has 0 saturated heterocycles. The van der Waals surface area contributed by atoms with E-state index in [0.29, 0.717) is 0 Å². The number of fused-ring (bicyclic) bond motifs is 1. The maximum absolute atomic E-state index is 5.98. The van der Waals surface area contributed by atoms with E-state index in [1.54, 1.807) is 0 Å². The number of nitrogens with two attached hydrogens (primary N) is 1. The quantitative estimate of drug-likeness (QED) is 0.893. The van der Waals surface area contributed by atoms with E-state index in [2.05, 4.69) is 38.1 Å². The highest BCUT2D eigenvalue weighted by molar-refractivity contribution is 7.99. The third-order valence-corrected chi connectivity index (χ3v) is 4.32. The molecule has 1 aromatic carbocycles. The minimum Gasteiger partial charge on any atom is -0.372 e. The smallest absolute Gasteiger partial charge is 0.0918 e. The largest absolute Gasteiger partial charge is 0.372 e. The third-order valence-electron chi connectivity index (χ3n) is 2.84. The molecule has 1 aliphatic rings. The molecule has 0 bridgehead atoms. The Balaban J connectivity index is 1.95. The van der Waals surface area contributed by atoms with E-state index in [1.165, 1.54) is 11.1 Å². The van der Waals surface area contributed by atoms with Crippen molar-refractivity contribution in [1.29, 1.82) is 0 Å². The Morgan fingerprint density at radius 2 is 2.18 bits per heavy atom. The molecule has 2 N–H and O–H groups in total. The van der Waals surface area contributed by atoms with Gasteiger partial charge in [-0.1, -0.05) is 24.3 Å². The number of hydrogen-bond acceptors (Lipinski definition) is 3. The van der Waals surface area contributed by atoms with E-state index in [-0.39, 0.29) is 11.6 Å². The van der Waals surface area contributed by atoms with E-state index in [4.69, 9.17) is 10.5 Å². The average Bonchev–Trinajstić information content (AvgIpc) is 2.28. The molecule has 1 atom stereocenters. The predicted octanol–water partition coefficient (Wildman–Crippen LogP) is 2.77. The summed E-state index contributed by atoms with van der Waals surface area (Å²) in [5.74, 6) is 1.96. The first kappa shape index (κ1) is 12.9. The third kappa shape index (κ3) is 3.73. The molecule has 1 aromatic rings. The maximum Gasteiger partial charge on any atom is 0.0918 e. The molecule has 0 fully saturated rings. The van der Waals surface area contributed by atoms with E-state index >= 15 is 0 Å². The summed E-state index contributed by atoms with van der Waals surface area (Å²) in [6.45, 7) is 4.97. The molecular formula is C14H21NOS. The maximum atomic E-state index is 5.98. The second-order valence-corrected chi connectivity index (χ2v) is 6.34. The first-order chi connectivity index (χ1) is 8.06. The lowest BCUT2D eigenvalue weighted by Gasteiger charge is -2.27. The van der Waals surface area contributed by atoms with Crippen molar-refractivity contribution < 1.29 is 4.74 Å². The minimum atomic E-state index is -0.0984. The first-order valence-electron chi connectivity index (χ1n) is 6.12. The minimum absolute atomic E-state index is 0.0984. The lowest BCUT2D eigenvalue weighted by Crippen LogP contribution is -2.35. The van der Waals surface area contributed by atoms with Crippen LogP contribution in [0.25, 0.3) is 0 Å². The molecule has 0 aliphatic carbocycles. The van der Waals surface area contributed by atoms with Crippen LogP contribution in [0.2, 0.25) is 0 Å². The van der Waals surface area contributed by atoms with E-state index in [1.807, 2.05) is 11.8 Å². The van der Waals surface area contributed by atoms with Gasteiger partial charge in [-0.2, -0.15) is 11.8 Å². The molecule has 1 unspecified atom stereocenters. The molecule has 1 aliphatic heterocycles. The first-order valence-corrected chi connectivity index (χ1v) is 7.28. The van der Waals surface area contributed by atoms with E-state index in [0.717, 1.165) is 24.5 Å². The van der Waals surface area contributed by atoms with Gasteiger partial charge in [0.1, 0.15) is 0 Å². The second-order valence-electron chi connectivity index (χ2n) is 5.31. The number of thioether (sulfide) groups is 1. The van der Waals surface area contributed by atoms with Crippen molar-refractivity contribution in [3.8, 4) is 0 Å². The molecule has 1 heterocycles. The standard InChI is InChI=1S/C14H21NOS/c1-14(2,15)10-17-9-13-12-6-4-3-5-11(12)7-8-16-13/h3-6,13H,7-10,15H2,1-2H3. The van der Waals surface area contributed by atoms with Crippen molar-refractivity contribution in [1.82, 2.24) is 0 Å². The van der Waals surface area contributed by atoms with Gasteiger partial charge >= 0.3 is 0 Å². The van der Waals surface area contributed by atoms with Crippen molar-refractivity contribution in [2.75, 3.05) is 18.1 Å². The fraction of sp³-hybridized carbons (Fsp3) is 0.571. The fourth-order valence-corrected chi connectivity index (χ4v) is 3.18. The summed E-state index contributed by atoms with van der Waals surface area (Å²) in [4.78, 5) is 0. The Morgan fingerprint density at radius 1 is 1.41 bits per heavy atom. The Kier molecular flexibility index (Phi) is 4.13. The zero-order chi connectivity index (χ0) is 12.3. The van der Waals surface area contributed by atoms with Crippen LogP contribution in [0.5, 0.6) is 0 Å². The number of hydrogen-bond donors (Lipinski definition) is 1. The molecule has 0 amide bonds. The Labute approximate surface area is 108 Å². The average molecular weight is 251 g/mol. The lowest BCUT2D eigenvalue weighted by atomic mass is 9.99. The van der Waals surface area contributed by atoms with Gasteiger partial charge in [0, 0.05) is 17.0 Å². The molecule has 3 heteroatoms. The Hall–Kier alpha value is -0.510. The van der Waals surface area contributed by atoms with E-state index in [9.17, 15) is 0 Å². The van der Waals surface area contributed by atoms with Crippen molar-refractivity contribution in [3.05, 3.63) is 35.4 Å². The Bertz CT molecular complexity index is 373. The van der Waals surface area contributed by atoms with Gasteiger partial charge in [0.05, 0.1) is 12.7 Å². The van der Waals surface area contributed by atoms with Crippen molar-refractivity contribution in [3.63, 3.8) is 0 Å². The molecule has 94 valence electrons. The van der Waals surface area contributed by atoms with Crippen LogP contribution in [0.1, 0.15) is 31.1 Å². The molecule has 0 radical (unpaired) electrons. The fourth-order valence-electron chi connectivity index (χ4n) is 2.04. The summed E-state index contributed by atoms with van der Waals surface area (Å²) < 4.78 is 5.86. The second kappa shape index (κ2) is 5.42. The predicted molar refractivity (Wildman–Crippen MR) is 74.4 cm³/mol. The Morgan fingerprint density at radius 3 is 2.94 bits per heavy atom. The van der Waals surface area contributed by atoms with Gasteiger partial charge in [0.15, 0.2) is 0 Å². The van der Waals surface area contributed by atoms with Crippen LogP contribution >= 0.6 is 11.8 Å². The van der Waals surface area contributed by atoms with Gasteiger partial charge in [-0.05, 0) is 31.4 Å². The zero-order valence-electron chi connectivity index (χ0n) is 10.6. The zero-order valence-corrected chi connectivity index (χ0v) is 11.4. The topological polar surface area (TPSA) is 35.2 Å². The molecule has 0 spiro atoms. The van der Waals surface area contributed by atoms with Gasteiger partial charge in [-0.15, -0.1) is 0 Å². The van der Waals surface area contributed by atoms with Crippen LogP contribution in [0.4, 0.5) is 0 Å². The van der Waals surface area contributed by atoms with Crippen molar-refractivity contribution in [2.24, 2.45) is 5.73 Å². The van der Waals surface area contributed by atoms with Crippen molar-refractivity contribution >= 4 is 11.8 Å². The molecule has 0 aromatic heterocycles. The van der Waals surface area contributed by atoms with Crippen LogP contribution < -0.4 is 5.73 Å². The highest BCUT2D eigenvalue weighted by atomic mass is 32.2. The lowest BCUT2D eigenvalue weighted by molar-refractivity contribution is 0.0588. The monoisotopic (exact) mass is 251 g/mol. The van der Waals surface area contributed by atoms with Crippen LogP contribution in [0.3, 0.4) is 0 Å². The molecule has 2 nitrogen and oxygen atoms in total. The van der Waals surface area contributed by atoms with Gasteiger partial charge in [0.2, 0.25) is 0 Å². The SMILES string of the molecule is CC(C)(N)CSCC1OCCc2ccccc21. The summed E-state index contributed by atoms with van der Waals surface area (Å²) in [5.41, 5.74) is 8.69. The molecule has 17 heavy (non-hydrogen) atoms. The summed E-state index contributed by atoms with van der Waals surface area (Å²) in [6, 6.07) is 8.60. The molecule has 2 rings (SSSR count). The van der Waals surface area contributed by atoms with Crippen LogP contribution in [-0.2, 0) is 11.2 Å². The highest BCUT2D eigenvalue weighted by Crippen LogP contribution is 2.30. The van der Waals surface area contributed by atoms with Gasteiger partial charge in [0.25, 0.3) is 0 Å². The van der Waals surface area contributed by atoms with Crippen LogP contribution in [0.15, 0.2) is 24.3 Å². The number of rotatable bonds is 4. The van der Waals surface area contributed by atoms with Gasteiger partial charge < -0.3 is 10.5 Å². The van der Waals surface area contributed by atoms with Gasteiger partial charge in [-0.3, -0.25) is 0 Å². The van der Waals surface area contributed by atoms with Gasteiger partial charge in [-0.25, -0.2) is 0 Å². The van der Waals surface area contributed by atoms with Crippen LogP contribution in [0, 0.1) is 0 Å². The summed E-state index contributed by atoms with van der Waals surface area (Å²) in [5, 5.41) is 0.